The quantitative estimate of drug-likeness (QED) is 0.595. The number of likely N-dealkylation sites (tertiary alicyclic amines) is 2. The Hall–Kier alpha value is -2.18. The van der Waals surface area contributed by atoms with E-state index in [0.717, 1.165) is 36.4 Å². The van der Waals surface area contributed by atoms with E-state index < -0.39 is 0 Å². The van der Waals surface area contributed by atoms with Crippen LogP contribution in [0, 0.1) is 5.92 Å². The minimum absolute atomic E-state index is 0.0514. The van der Waals surface area contributed by atoms with Gasteiger partial charge in [0.05, 0.1) is 12.0 Å². The van der Waals surface area contributed by atoms with Gasteiger partial charge in [0, 0.05) is 36.1 Å². The average Bonchev–Trinajstić information content (AvgIpc) is 3.40. The molecule has 5 nitrogen and oxygen atoms in total. The van der Waals surface area contributed by atoms with Gasteiger partial charge in [0.25, 0.3) is 5.91 Å². The zero-order chi connectivity index (χ0) is 23.7. The maximum Gasteiger partial charge on any atom is 0.254 e. The lowest BCUT2D eigenvalue weighted by atomic mass is 9.80. The Morgan fingerprint density at radius 2 is 1.74 bits per heavy atom. The number of hydrogen-bond donors (Lipinski definition) is 0. The lowest BCUT2D eigenvalue weighted by Gasteiger charge is -2.45. The number of benzene rings is 1. The van der Waals surface area contributed by atoms with Crippen molar-refractivity contribution in [1.29, 1.82) is 0 Å². The molecule has 1 aromatic heterocycles. The molecule has 2 saturated heterocycles. The zero-order valence-corrected chi connectivity index (χ0v) is 21.3. The normalized spacial score (nSPS) is 24.5. The number of amides is 2. The highest BCUT2D eigenvalue weighted by atomic mass is 32.1. The van der Waals surface area contributed by atoms with Gasteiger partial charge in [0.15, 0.2) is 0 Å². The molecule has 4 heterocycles. The number of hydrogen-bond acceptors (Lipinski definition) is 4. The molecular formula is C28H37N3O2S. The fraction of sp³-hybridized carbons (Fsp3) is 0.571. The van der Waals surface area contributed by atoms with Crippen LogP contribution in [0.25, 0.3) is 0 Å². The Balaban J connectivity index is 1.44. The predicted octanol–water partition coefficient (Wildman–Crippen LogP) is 5.16. The minimum Gasteiger partial charge on any atom is -0.342 e. The van der Waals surface area contributed by atoms with Crippen LogP contribution < -0.4 is 0 Å². The summed E-state index contributed by atoms with van der Waals surface area (Å²) >= 11 is 1.65. The summed E-state index contributed by atoms with van der Waals surface area (Å²) in [6.07, 6.45) is 6.07. The zero-order valence-electron chi connectivity index (χ0n) is 20.5. The van der Waals surface area contributed by atoms with E-state index in [2.05, 4.69) is 35.1 Å². The third-order valence-corrected chi connectivity index (χ3v) is 8.73. The number of nitrogens with zero attached hydrogens (tertiary/aromatic N) is 3. The first-order valence-electron chi connectivity index (χ1n) is 13.0. The molecule has 3 aliphatic rings. The van der Waals surface area contributed by atoms with Crippen molar-refractivity contribution in [2.24, 2.45) is 5.92 Å². The number of fused-ring (bicyclic) bond motifs is 1. The molecule has 5 rings (SSSR count). The molecule has 0 spiro atoms. The van der Waals surface area contributed by atoms with Crippen LogP contribution in [0.4, 0.5) is 0 Å². The van der Waals surface area contributed by atoms with Crippen molar-refractivity contribution >= 4 is 23.2 Å². The summed E-state index contributed by atoms with van der Waals surface area (Å²) in [5.41, 5.74) is 1.59. The molecule has 2 aromatic rings. The average molecular weight is 480 g/mol. The number of rotatable bonds is 5. The molecule has 2 fully saturated rings. The smallest absolute Gasteiger partial charge is 0.254 e. The SMILES string of the molecule is CC(C)CN1C(=O)c2ccccc2C(C(=O)N2CCC(N3CCCCC3)CC2)C1c1cccs1. The Labute approximate surface area is 207 Å². The van der Waals surface area contributed by atoms with Gasteiger partial charge in [-0.25, -0.2) is 0 Å². The van der Waals surface area contributed by atoms with Crippen molar-refractivity contribution in [2.45, 2.75) is 64.0 Å². The van der Waals surface area contributed by atoms with Crippen molar-refractivity contribution in [2.75, 3.05) is 32.7 Å². The van der Waals surface area contributed by atoms with Crippen molar-refractivity contribution in [3.8, 4) is 0 Å². The number of thiophene rings is 1. The van der Waals surface area contributed by atoms with E-state index in [4.69, 9.17) is 0 Å². The highest BCUT2D eigenvalue weighted by Crippen LogP contribution is 2.45. The Bertz CT molecular complexity index is 991. The molecule has 3 aliphatic heterocycles. The molecule has 182 valence electrons. The van der Waals surface area contributed by atoms with Crippen molar-refractivity contribution in [3.05, 3.63) is 57.8 Å². The molecule has 34 heavy (non-hydrogen) atoms. The van der Waals surface area contributed by atoms with Gasteiger partial charge in [-0.15, -0.1) is 11.3 Å². The van der Waals surface area contributed by atoms with Crippen LogP contribution in [0.2, 0.25) is 0 Å². The Morgan fingerprint density at radius 1 is 1.00 bits per heavy atom. The molecule has 0 N–H and O–H groups in total. The van der Waals surface area contributed by atoms with Crippen molar-refractivity contribution < 1.29 is 9.59 Å². The Morgan fingerprint density at radius 3 is 2.41 bits per heavy atom. The first kappa shape index (κ1) is 23.6. The summed E-state index contributed by atoms with van der Waals surface area (Å²) in [6.45, 7) is 8.98. The minimum atomic E-state index is -0.349. The topological polar surface area (TPSA) is 43.9 Å². The van der Waals surface area contributed by atoms with Gasteiger partial charge in [-0.3, -0.25) is 9.59 Å². The fourth-order valence-corrected chi connectivity index (χ4v) is 7.04. The van der Waals surface area contributed by atoms with E-state index in [9.17, 15) is 9.59 Å². The van der Waals surface area contributed by atoms with Crippen LogP contribution in [0.1, 0.15) is 78.7 Å². The molecule has 2 unspecified atom stereocenters. The molecule has 0 bridgehead atoms. The monoisotopic (exact) mass is 479 g/mol. The van der Waals surface area contributed by atoms with Gasteiger partial charge < -0.3 is 14.7 Å². The van der Waals surface area contributed by atoms with Crippen LogP contribution in [0.5, 0.6) is 0 Å². The predicted molar refractivity (Wildman–Crippen MR) is 137 cm³/mol. The lowest BCUT2D eigenvalue weighted by Crippen LogP contribution is -2.52. The second kappa shape index (κ2) is 10.2. The number of carbonyl (C=O) groups is 2. The summed E-state index contributed by atoms with van der Waals surface area (Å²) in [6, 6.07) is 12.3. The van der Waals surface area contributed by atoms with E-state index in [1.54, 1.807) is 11.3 Å². The summed E-state index contributed by atoms with van der Waals surface area (Å²) in [7, 11) is 0. The van der Waals surface area contributed by atoms with E-state index in [1.165, 1.54) is 32.4 Å². The van der Waals surface area contributed by atoms with E-state index in [-0.39, 0.29) is 23.8 Å². The van der Waals surface area contributed by atoms with E-state index >= 15 is 0 Å². The van der Waals surface area contributed by atoms with Gasteiger partial charge in [0.2, 0.25) is 5.91 Å². The second-order valence-electron chi connectivity index (χ2n) is 10.5. The van der Waals surface area contributed by atoms with Gasteiger partial charge in [-0.1, -0.05) is 44.5 Å². The van der Waals surface area contributed by atoms with Gasteiger partial charge >= 0.3 is 0 Å². The Kier molecular flexibility index (Phi) is 7.07. The molecular weight excluding hydrogens is 442 g/mol. The fourth-order valence-electron chi connectivity index (χ4n) is 6.16. The first-order valence-corrected chi connectivity index (χ1v) is 13.9. The highest BCUT2D eigenvalue weighted by Gasteiger charge is 2.46. The molecule has 1 aromatic carbocycles. The van der Waals surface area contributed by atoms with Crippen LogP contribution in [0.15, 0.2) is 41.8 Å². The first-order chi connectivity index (χ1) is 16.5. The molecule has 2 amide bonds. The largest absolute Gasteiger partial charge is 0.342 e. The van der Waals surface area contributed by atoms with Crippen LogP contribution in [0.3, 0.4) is 0 Å². The second-order valence-corrected chi connectivity index (χ2v) is 11.5. The summed E-state index contributed by atoms with van der Waals surface area (Å²) in [5.74, 6) is 0.213. The molecule has 0 saturated carbocycles. The van der Waals surface area contributed by atoms with Crippen molar-refractivity contribution in [3.63, 3.8) is 0 Å². The van der Waals surface area contributed by atoms with E-state index in [1.807, 2.05) is 35.2 Å². The standard InChI is InChI=1S/C28H37N3O2S/c1-20(2)19-31-26(24-11-8-18-34-24)25(22-9-4-5-10-23(22)27(31)32)28(33)30-16-12-21(13-17-30)29-14-6-3-7-15-29/h4-5,8-11,18,20-21,25-26H,3,6-7,12-17,19H2,1-2H3. The van der Waals surface area contributed by atoms with Crippen LogP contribution >= 0.6 is 11.3 Å². The number of carbonyl (C=O) groups excluding carboxylic acids is 2. The van der Waals surface area contributed by atoms with Gasteiger partial charge in [0.1, 0.15) is 0 Å². The highest BCUT2D eigenvalue weighted by molar-refractivity contribution is 7.10. The third kappa shape index (κ3) is 4.55. The molecule has 0 aliphatic carbocycles. The van der Waals surface area contributed by atoms with Crippen molar-refractivity contribution in [1.82, 2.24) is 14.7 Å². The summed E-state index contributed by atoms with van der Waals surface area (Å²) in [5, 5.41) is 2.06. The van der Waals surface area contributed by atoms with Crippen LogP contribution in [-0.4, -0.2) is 65.3 Å². The summed E-state index contributed by atoms with van der Waals surface area (Å²) < 4.78 is 0. The maximum absolute atomic E-state index is 14.2. The van der Waals surface area contributed by atoms with Gasteiger partial charge in [-0.05, 0) is 67.8 Å². The maximum atomic E-state index is 14.2. The molecule has 0 radical (unpaired) electrons. The van der Waals surface area contributed by atoms with E-state index in [0.29, 0.717) is 24.1 Å². The molecule has 2 atom stereocenters. The third-order valence-electron chi connectivity index (χ3n) is 7.78. The lowest BCUT2D eigenvalue weighted by molar-refractivity contribution is -0.136. The van der Waals surface area contributed by atoms with Gasteiger partial charge in [-0.2, -0.15) is 0 Å². The number of piperidine rings is 2. The molecule has 6 heteroatoms. The summed E-state index contributed by atoms with van der Waals surface area (Å²) in [4.78, 5) is 35.7. The van der Waals surface area contributed by atoms with Crippen LogP contribution in [-0.2, 0) is 4.79 Å².